The van der Waals surface area contributed by atoms with Crippen LogP contribution in [-0.4, -0.2) is 35.1 Å². The van der Waals surface area contributed by atoms with Crippen LogP contribution in [0.3, 0.4) is 0 Å². The standard InChI is InChI=1S/C22H27N5O3/c1-14-8-9-18-25-20-17(22(29)27(18)13-14)12-16(19(23)26(20)10-5-11-30-2)21(28)24-15-6-3-4-7-15/h8-9,12-13,15,23H,3-7,10-11H2,1-2H3,(H,24,28)/p+1. The average Bonchev–Trinajstić information content (AvgIpc) is 3.23. The number of aryl methyl sites for hydroxylation is 2. The summed E-state index contributed by atoms with van der Waals surface area (Å²) >= 11 is 0. The van der Waals surface area contributed by atoms with Crippen molar-refractivity contribution in [3.63, 3.8) is 0 Å². The number of nitrogens with zero attached hydrogens (tertiary/aromatic N) is 3. The van der Waals surface area contributed by atoms with E-state index in [2.05, 4.69) is 5.32 Å². The van der Waals surface area contributed by atoms with Crippen molar-refractivity contribution in [2.24, 2.45) is 0 Å². The topological polar surface area (TPSA) is 103 Å². The highest BCUT2D eigenvalue weighted by atomic mass is 16.5. The van der Waals surface area contributed by atoms with Crippen molar-refractivity contribution in [2.45, 2.75) is 51.6 Å². The van der Waals surface area contributed by atoms with E-state index < -0.39 is 0 Å². The second-order valence-electron chi connectivity index (χ2n) is 7.98. The summed E-state index contributed by atoms with van der Waals surface area (Å²) in [7, 11) is 1.64. The number of rotatable bonds is 6. The maximum atomic E-state index is 13.3. The Labute approximate surface area is 174 Å². The van der Waals surface area contributed by atoms with Gasteiger partial charge in [0.15, 0.2) is 0 Å². The van der Waals surface area contributed by atoms with E-state index in [1.807, 2.05) is 19.1 Å². The molecule has 3 heterocycles. The molecule has 1 saturated carbocycles. The van der Waals surface area contributed by atoms with E-state index in [1.165, 1.54) is 4.40 Å². The van der Waals surface area contributed by atoms with E-state index >= 15 is 0 Å². The molecule has 0 spiro atoms. The second kappa shape index (κ2) is 8.39. The van der Waals surface area contributed by atoms with Crippen LogP contribution in [0.5, 0.6) is 0 Å². The fourth-order valence-corrected chi connectivity index (χ4v) is 4.17. The number of anilines is 1. The summed E-state index contributed by atoms with van der Waals surface area (Å²) in [6, 6.07) is 5.47. The minimum atomic E-state index is -0.240. The third-order valence-corrected chi connectivity index (χ3v) is 5.76. The van der Waals surface area contributed by atoms with Crippen molar-refractivity contribution >= 4 is 28.4 Å². The highest BCUT2D eigenvalue weighted by Crippen LogP contribution is 2.20. The zero-order chi connectivity index (χ0) is 21.3. The number of aromatic nitrogens is 3. The Morgan fingerprint density at radius 3 is 2.87 bits per heavy atom. The van der Waals surface area contributed by atoms with Crippen LogP contribution in [0.25, 0.3) is 16.7 Å². The predicted molar refractivity (Wildman–Crippen MR) is 115 cm³/mol. The minimum absolute atomic E-state index is 0.160. The van der Waals surface area contributed by atoms with Gasteiger partial charge in [0.05, 0.1) is 6.54 Å². The number of hydrogen-bond donors (Lipinski definition) is 2. The molecular formula is C22H28N5O3+. The monoisotopic (exact) mass is 410 g/mol. The second-order valence-corrected chi connectivity index (χ2v) is 7.98. The highest BCUT2D eigenvalue weighted by molar-refractivity contribution is 6.00. The Kier molecular flexibility index (Phi) is 5.67. The summed E-state index contributed by atoms with van der Waals surface area (Å²) < 4.78 is 8.45. The van der Waals surface area contributed by atoms with Gasteiger partial charge >= 0.3 is 0 Å². The first kappa shape index (κ1) is 20.3. The minimum Gasteiger partial charge on any atom is -0.385 e. The molecule has 30 heavy (non-hydrogen) atoms. The quantitative estimate of drug-likeness (QED) is 0.366. The van der Waals surface area contributed by atoms with Crippen molar-refractivity contribution in [1.82, 2.24) is 14.7 Å². The molecule has 3 N–H and O–H groups in total. The Morgan fingerprint density at radius 2 is 2.13 bits per heavy atom. The number of amides is 1. The van der Waals surface area contributed by atoms with Crippen LogP contribution in [0.2, 0.25) is 0 Å². The Bertz CT molecular complexity index is 1170. The predicted octanol–water partition coefficient (Wildman–Crippen LogP) is 1.73. The lowest BCUT2D eigenvalue weighted by atomic mass is 10.1. The average molecular weight is 410 g/mol. The van der Waals surface area contributed by atoms with Crippen molar-refractivity contribution in [3.05, 3.63) is 45.9 Å². The molecule has 0 unspecified atom stereocenters. The van der Waals surface area contributed by atoms with Gasteiger partial charge in [-0.3, -0.25) is 14.0 Å². The summed E-state index contributed by atoms with van der Waals surface area (Å²) in [5, 5.41) is 3.45. The van der Waals surface area contributed by atoms with Crippen LogP contribution in [0, 0.1) is 6.92 Å². The SMILES string of the molecule is COCCC[n+]1c(N)c(C(=O)NC2CCCC2)cc2c(=O)n3cc(C)ccc3nc21. The first-order chi connectivity index (χ1) is 14.5. The van der Waals surface area contributed by atoms with Crippen molar-refractivity contribution in [2.75, 3.05) is 19.5 Å². The molecule has 1 aliphatic carbocycles. The molecule has 0 radical (unpaired) electrons. The van der Waals surface area contributed by atoms with Crippen LogP contribution in [0.1, 0.15) is 48.0 Å². The van der Waals surface area contributed by atoms with Crippen LogP contribution < -0.4 is 21.2 Å². The summed E-state index contributed by atoms with van der Waals surface area (Å²) in [6.07, 6.45) is 6.62. The van der Waals surface area contributed by atoms with Crippen molar-refractivity contribution in [1.29, 1.82) is 0 Å². The number of hydrogen-bond acceptors (Lipinski definition) is 5. The molecule has 4 rings (SSSR count). The van der Waals surface area contributed by atoms with Crippen LogP contribution in [0.4, 0.5) is 5.82 Å². The maximum absolute atomic E-state index is 13.3. The van der Waals surface area contributed by atoms with E-state index in [1.54, 1.807) is 23.9 Å². The number of carbonyl (C=O) groups excluding carboxylic acids is 1. The summed E-state index contributed by atoms with van der Waals surface area (Å²) in [5.74, 6) is 0.0768. The Hall–Kier alpha value is -3.00. The molecular weight excluding hydrogens is 382 g/mol. The van der Waals surface area contributed by atoms with E-state index in [4.69, 9.17) is 15.5 Å². The van der Waals surface area contributed by atoms with Gasteiger partial charge in [-0.15, -0.1) is 0 Å². The molecule has 1 aliphatic rings. The molecule has 1 fully saturated rings. The van der Waals surface area contributed by atoms with Gasteiger partial charge in [0, 0.05) is 32.4 Å². The zero-order valence-corrected chi connectivity index (χ0v) is 17.5. The first-order valence-corrected chi connectivity index (χ1v) is 10.4. The molecule has 0 aromatic carbocycles. The summed E-state index contributed by atoms with van der Waals surface area (Å²) in [4.78, 5) is 31.0. The van der Waals surface area contributed by atoms with Crippen LogP contribution in [0.15, 0.2) is 29.2 Å². The van der Waals surface area contributed by atoms with Crippen LogP contribution in [-0.2, 0) is 11.3 Å². The van der Waals surface area contributed by atoms with E-state index in [-0.39, 0.29) is 17.5 Å². The number of fused-ring (bicyclic) bond motifs is 2. The van der Waals surface area contributed by atoms with Gasteiger partial charge in [0.25, 0.3) is 17.1 Å². The third-order valence-electron chi connectivity index (χ3n) is 5.76. The van der Waals surface area contributed by atoms with Gasteiger partial charge in [-0.2, -0.15) is 0 Å². The maximum Gasteiger partial charge on any atom is 0.278 e. The molecule has 3 aromatic rings. The van der Waals surface area contributed by atoms with Crippen LogP contribution >= 0.6 is 0 Å². The zero-order valence-electron chi connectivity index (χ0n) is 17.5. The molecule has 0 bridgehead atoms. The summed E-state index contributed by atoms with van der Waals surface area (Å²) in [6.45, 7) is 2.96. The number of nitrogens with one attached hydrogen (secondary N) is 1. The van der Waals surface area contributed by atoms with Gasteiger partial charge in [0.2, 0.25) is 11.5 Å². The lowest BCUT2D eigenvalue weighted by molar-refractivity contribution is -0.659. The molecule has 0 atom stereocenters. The molecule has 0 saturated heterocycles. The highest BCUT2D eigenvalue weighted by Gasteiger charge is 2.26. The van der Waals surface area contributed by atoms with Gasteiger partial charge in [-0.1, -0.05) is 23.9 Å². The summed E-state index contributed by atoms with van der Waals surface area (Å²) in [5.41, 5.74) is 8.52. The normalized spacial score (nSPS) is 14.6. The fraction of sp³-hybridized carbons (Fsp3) is 0.455. The first-order valence-electron chi connectivity index (χ1n) is 10.4. The van der Waals surface area contributed by atoms with Gasteiger partial charge in [-0.05, 0) is 37.5 Å². The lowest BCUT2D eigenvalue weighted by Crippen LogP contribution is -2.44. The number of nitrogen functional groups attached to an aromatic ring is 1. The van der Waals surface area contributed by atoms with E-state index in [9.17, 15) is 9.59 Å². The number of nitrogens with two attached hydrogens (primary N) is 1. The van der Waals surface area contributed by atoms with Crippen molar-refractivity contribution in [3.8, 4) is 0 Å². The van der Waals surface area contributed by atoms with Gasteiger partial charge in [0.1, 0.15) is 10.9 Å². The van der Waals surface area contributed by atoms with Gasteiger partial charge in [-0.25, -0.2) is 4.57 Å². The molecule has 1 amide bonds. The molecule has 8 heteroatoms. The Balaban J connectivity index is 1.89. The number of pyridine rings is 2. The Morgan fingerprint density at radius 1 is 1.37 bits per heavy atom. The number of ether oxygens (including phenoxy) is 1. The van der Waals surface area contributed by atoms with Crippen molar-refractivity contribution < 1.29 is 14.1 Å². The molecule has 3 aromatic heterocycles. The number of carbonyl (C=O) groups is 1. The molecule has 158 valence electrons. The van der Waals surface area contributed by atoms with E-state index in [0.717, 1.165) is 31.2 Å². The fourth-order valence-electron chi connectivity index (χ4n) is 4.17. The molecule has 0 aliphatic heterocycles. The lowest BCUT2D eigenvalue weighted by Gasteiger charge is -2.15. The third kappa shape index (κ3) is 3.75. The number of methoxy groups -OCH3 is 1. The van der Waals surface area contributed by atoms with E-state index in [0.29, 0.717) is 47.6 Å². The van der Waals surface area contributed by atoms with Gasteiger partial charge < -0.3 is 15.8 Å². The largest absolute Gasteiger partial charge is 0.385 e. The smallest absolute Gasteiger partial charge is 0.278 e. The molecule has 8 nitrogen and oxygen atoms in total.